The molecule has 0 heterocycles. The Kier molecular flexibility index (Phi) is 9.67. The van der Waals surface area contributed by atoms with Crippen LogP contribution in [0.4, 0.5) is 0 Å². The summed E-state index contributed by atoms with van der Waals surface area (Å²) in [5.41, 5.74) is 1.45. The molecular weight excluding hydrogens is 180 g/mol. The fraction of sp³-hybridized carbons (Fsp3) is 0.733. The first-order valence-electron chi connectivity index (χ1n) is 6.45. The lowest BCUT2D eigenvalue weighted by atomic mass is 9.99. The minimum absolute atomic E-state index is 0.867. The van der Waals surface area contributed by atoms with Gasteiger partial charge < -0.3 is 0 Å². The van der Waals surface area contributed by atoms with Crippen LogP contribution in [0.1, 0.15) is 66.2 Å². The highest BCUT2D eigenvalue weighted by Gasteiger charge is 1.98. The van der Waals surface area contributed by atoms with Crippen molar-refractivity contribution in [2.75, 3.05) is 0 Å². The number of hydrogen-bond acceptors (Lipinski definition) is 0. The van der Waals surface area contributed by atoms with Crippen LogP contribution in [-0.4, -0.2) is 0 Å². The van der Waals surface area contributed by atoms with Gasteiger partial charge >= 0.3 is 0 Å². The van der Waals surface area contributed by atoms with Crippen molar-refractivity contribution in [1.29, 1.82) is 0 Å². The predicted molar refractivity (Wildman–Crippen MR) is 71.1 cm³/mol. The van der Waals surface area contributed by atoms with Crippen molar-refractivity contribution < 1.29 is 0 Å². The molecule has 0 aliphatic heterocycles. The molecule has 0 bridgehead atoms. The molecule has 0 fully saturated rings. The van der Waals surface area contributed by atoms with Crippen LogP contribution in [0, 0.1) is 5.92 Å². The molecule has 15 heavy (non-hydrogen) atoms. The maximum Gasteiger partial charge on any atom is -0.0346 e. The van der Waals surface area contributed by atoms with E-state index in [2.05, 4.69) is 45.9 Å². The predicted octanol–water partition coefficient (Wildman–Crippen LogP) is 5.51. The van der Waals surface area contributed by atoms with Gasteiger partial charge in [0.15, 0.2) is 0 Å². The summed E-state index contributed by atoms with van der Waals surface area (Å²) in [4.78, 5) is 0. The summed E-state index contributed by atoms with van der Waals surface area (Å²) in [6.07, 6.45) is 14.7. The van der Waals surface area contributed by atoms with Crippen molar-refractivity contribution in [1.82, 2.24) is 0 Å². The van der Waals surface area contributed by atoms with E-state index in [0.29, 0.717) is 0 Å². The fourth-order valence-electron chi connectivity index (χ4n) is 1.58. The lowest BCUT2D eigenvalue weighted by Gasteiger charge is -2.07. The van der Waals surface area contributed by atoms with Gasteiger partial charge in [0.2, 0.25) is 0 Å². The number of rotatable bonds is 8. The van der Waals surface area contributed by atoms with Gasteiger partial charge in [0.05, 0.1) is 0 Å². The zero-order valence-corrected chi connectivity index (χ0v) is 11.1. The Morgan fingerprint density at radius 1 is 1.00 bits per heavy atom. The average Bonchev–Trinajstić information content (AvgIpc) is 2.17. The molecule has 1 atom stereocenters. The van der Waals surface area contributed by atoms with Gasteiger partial charge in [0.1, 0.15) is 0 Å². The van der Waals surface area contributed by atoms with E-state index in [-0.39, 0.29) is 0 Å². The number of unbranched alkanes of at least 4 members (excludes halogenated alkanes) is 1. The van der Waals surface area contributed by atoms with E-state index in [0.717, 1.165) is 5.92 Å². The molecular formula is C15H28. The molecule has 0 rings (SSSR count). The molecule has 0 aliphatic rings. The Labute approximate surface area is 96.5 Å². The third-order valence-electron chi connectivity index (χ3n) is 2.66. The Balaban J connectivity index is 3.41. The van der Waals surface area contributed by atoms with Gasteiger partial charge in [-0.25, -0.2) is 0 Å². The van der Waals surface area contributed by atoms with E-state index >= 15 is 0 Å². The fourth-order valence-corrected chi connectivity index (χ4v) is 1.58. The van der Waals surface area contributed by atoms with E-state index in [9.17, 15) is 0 Å². The average molecular weight is 208 g/mol. The van der Waals surface area contributed by atoms with Crippen LogP contribution < -0.4 is 0 Å². The van der Waals surface area contributed by atoms with E-state index in [4.69, 9.17) is 0 Å². The van der Waals surface area contributed by atoms with Gasteiger partial charge in [-0.3, -0.25) is 0 Å². The van der Waals surface area contributed by atoms with Crippen molar-refractivity contribution in [3.05, 3.63) is 23.8 Å². The first-order valence-corrected chi connectivity index (χ1v) is 6.45. The first-order chi connectivity index (χ1) is 7.16. The van der Waals surface area contributed by atoms with Crippen molar-refractivity contribution >= 4 is 0 Å². The van der Waals surface area contributed by atoms with Gasteiger partial charge in [-0.15, -0.1) is 0 Å². The standard InChI is InChI=1S/C15H28/c1-5-6-7-8-9-12-15(4)13-10-11-14(2)3/h7-8,11,15H,5-6,9-10,12-13H2,1-4H3/t15-/m1/s1. The van der Waals surface area contributed by atoms with Crippen LogP contribution in [0.15, 0.2) is 23.8 Å². The molecule has 0 heteroatoms. The van der Waals surface area contributed by atoms with Crippen LogP contribution in [0.5, 0.6) is 0 Å². The lowest BCUT2D eigenvalue weighted by molar-refractivity contribution is 0.501. The monoisotopic (exact) mass is 208 g/mol. The topological polar surface area (TPSA) is 0 Å². The van der Waals surface area contributed by atoms with E-state index in [1.54, 1.807) is 0 Å². The number of hydrogen-bond donors (Lipinski definition) is 0. The van der Waals surface area contributed by atoms with Gasteiger partial charge in [-0.05, 0) is 51.9 Å². The maximum atomic E-state index is 2.37. The normalized spacial score (nSPS) is 13.1. The molecule has 0 aromatic rings. The zero-order chi connectivity index (χ0) is 11.5. The molecule has 0 aliphatic carbocycles. The smallest absolute Gasteiger partial charge is 0.0346 e. The molecule has 0 saturated heterocycles. The second-order valence-electron chi connectivity index (χ2n) is 4.80. The van der Waals surface area contributed by atoms with Crippen LogP contribution in [0.25, 0.3) is 0 Å². The summed E-state index contributed by atoms with van der Waals surface area (Å²) in [6.45, 7) is 8.95. The molecule has 0 amide bonds. The molecule has 0 nitrogen and oxygen atoms in total. The summed E-state index contributed by atoms with van der Waals surface area (Å²) in [7, 11) is 0. The van der Waals surface area contributed by atoms with E-state index in [1.165, 1.54) is 44.1 Å². The van der Waals surface area contributed by atoms with Gasteiger partial charge in [0, 0.05) is 0 Å². The highest BCUT2D eigenvalue weighted by Crippen LogP contribution is 2.14. The number of allylic oxidation sites excluding steroid dienone is 4. The molecule has 88 valence electrons. The highest BCUT2D eigenvalue weighted by atomic mass is 14.0. The minimum Gasteiger partial charge on any atom is -0.0885 e. The summed E-state index contributed by atoms with van der Waals surface area (Å²) in [5, 5.41) is 0. The van der Waals surface area contributed by atoms with Crippen molar-refractivity contribution in [3.8, 4) is 0 Å². The quantitative estimate of drug-likeness (QED) is 0.462. The third kappa shape index (κ3) is 11.4. The molecule has 0 spiro atoms. The van der Waals surface area contributed by atoms with Crippen LogP contribution in [0.2, 0.25) is 0 Å². The van der Waals surface area contributed by atoms with Gasteiger partial charge in [-0.1, -0.05) is 44.1 Å². The third-order valence-corrected chi connectivity index (χ3v) is 2.66. The Morgan fingerprint density at radius 2 is 1.60 bits per heavy atom. The first kappa shape index (κ1) is 14.5. The maximum absolute atomic E-state index is 2.37. The Morgan fingerprint density at radius 3 is 2.20 bits per heavy atom. The molecule has 0 aromatic heterocycles. The van der Waals surface area contributed by atoms with Crippen LogP contribution in [-0.2, 0) is 0 Å². The second kappa shape index (κ2) is 10.0. The van der Waals surface area contributed by atoms with Gasteiger partial charge in [-0.2, -0.15) is 0 Å². The Bertz CT molecular complexity index is 182. The van der Waals surface area contributed by atoms with Crippen LogP contribution >= 0.6 is 0 Å². The summed E-state index contributed by atoms with van der Waals surface area (Å²) in [5.74, 6) is 0.867. The van der Waals surface area contributed by atoms with Crippen molar-refractivity contribution in [3.63, 3.8) is 0 Å². The Hall–Kier alpha value is -0.520. The van der Waals surface area contributed by atoms with Crippen molar-refractivity contribution in [2.24, 2.45) is 5.92 Å². The lowest BCUT2D eigenvalue weighted by Crippen LogP contribution is -1.92. The van der Waals surface area contributed by atoms with E-state index in [1.807, 2.05) is 0 Å². The minimum atomic E-state index is 0.867. The summed E-state index contributed by atoms with van der Waals surface area (Å²) < 4.78 is 0. The summed E-state index contributed by atoms with van der Waals surface area (Å²) >= 11 is 0. The SMILES string of the molecule is CCCC=CCC[C@@H](C)CCC=C(C)C. The van der Waals surface area contributed by atoms with Gasteiger partial charge in [0.25, 0.3) is 0 Å². The molecule has 0 radical (unpaired) electrons. The second-order valence-corrected chi connectivity index (χ2v) is 4.80. The van der Waals surface area contributed by atoms with Crippen LogP contribution in [0.3, 0.4) is 0 Å². The molecule has 0 saturated carbocycles. The zero-order valence-electron chi connectivity index (χ0n) is 11.1. The largest absolute Gasteiger partial charge is 0.0885 e. The van der Waals surface area contributed by atoms with Crippen molar-refractivity contribution in [2.45, 2.75) is 66.2 Å². The highest BCUT2D eigenvalue weighted by molar-refractivity contribution is 4.92. The molecule has 0 unspecified atom stereocenters. The molecule has 0 N–H and O–H groups in total. The van der Waals surface area contributed by atoms with E-state index < -0.39 is 0 Å². The summed E-state index contributed by atoms with van der Waals surface area (Å²) in [6, 6.07) is 0. The molecule has 0 aromatic carbocycles.